The Morgan fingerprint density at radius 3 is 2.82 bits per heavy atom. The van der Waals surface area contributed by atoms with Crippen LogP contribution in [0.1, 0.15) is 29.0 Å². The van der Waals surface area contributed by atoms with Gasteiger partial charge in [-0.05, 0) is 31.2 Å². The fourth-order valence-electron chi connectivity index (χ4n) is 3.31. The van der Waals surface area contributed by atoms with Gasteiger partial charge >= 0.3 is 5.97 Å². The molecule has 0 aliphatic carbocycles. The summed E-state index contributed by atoms with van der Waals surface area (Å²) in [4.78, 5) is 27.8. The fourth-order valence-corrected chi connectivity index (χ4v) is 4.48. The Balaban J connectivity index is 1.98. The number of hydrogen-bond acceptors (Lipinski definition) is 7. The minimum absolute atomic E-state index is 0.0189. The molecule has 140 valence electrons. The molecule has 4 rings (SSSR count). The van der Waals surface area contributed by atoms with Crippen LogP contribution in [0.4, 0.5) is 0 Å². The zero-order valence-electron chi connectivity index (χ0n) is 14.8. The number of thioether (sulfide) groups is 1. The Hall–Kier alpha value is -3.44. The number of esters is 1. The molecule has 0 bridgehead atoms. The van der Waals surface area contributed by atoms with Crippen LogP contribution in [-0.4, -0.2) is 23.4 Å². The summed E-state index contributed by atoms with van der Waals surface area (Å²) in [6.07, 6.45) is 1.45. The molecular weight excluding hydrogens is 378 g/mol. The number of fused-ring (bicyclic) bond motifs is 2. The van der Waals surface area contributed by atoms with Crippen molar-refractivity contribution in [2.24, 2.45) is 5.73 Å². The first-order valence-electron chi connectivity index (χ1n) is 8.54. The van der Waals surface area contributed by atoms with Crippen LogP contribution in [0, 0.1) is 11.3 Å². The van der Waals surface area contributed by atoms with Crippen molar-refractivity contribution in [2.75, 3.05) is 6.61 Å². The van der Waals surface area contributed by atoms with Crippen LogP contribution in [0.25, 0.3) is 0 Å². The van der Waals surface area contributed by atoms with E-state index in [4.69, 9.17) is 14.9 Å². The summed E-state index contributed by atoms with van der Waals surface area (Å²) >= 11 is 1.26. The zero-order valence-corrected chi connectivity index (χ0v) is 15.7. The van der Waals surface area contributed by atoms with E-state index in [0.717, 1.165) is 4.90 Å². The van der Waals surface area contributed by atoms with Gasteiger partial charge < -0.3 is 14.9 Å². The first-order chi connectivity index (χ1) is 13.6. The van der Waals surface area contributed by atoms with Gasteiger partial charge in [0.1, 0.15) is 16.6 Å². The van der Waals surface area contributed by atoms with Crippen LogP contribution in [-0.2, 0) is 9.53 Å². The lowest BCUT2D eigenvalue weighted by Gasteiger charge is -2.37. The second-order valence-electron chi connectivity index (χ2n) is 6.04. The molecule has 1 amide bonds. The topological polar surface area (TPSA) is 110 Å². The number of nitrogens with two attached hydrogens (primary N) is 1. The lowest BCUT2D eigenvalue weighted by Crippen LogP contribution is -2.42. The zero-order chi connectivity index (χ0) is 19.8. The Morgan fingerprint density at radius 2 is 2.14 bits per heavy atom. The molecule has 2 N–H and O–H groups in total. The van der Waals surface area contributed by atoms with Gasteiger partial charge in [0, 0.05) is 4.90 Å². The SMILES string of the molecule is CCOC(=O)C1=C(N)N2C(=O)c3ccccc3SC2=C(C#N)[C@H]1c1ccco1. The van der Waals surface area contributed by atoms with Gasteiger partial charge in [0.2, 0.25) is 0 Å². The fraction of sp³-hybridized carbons (Fsp3) is 0.150. The van der Waals surface area contributed by atoms with Crippen molar-refractivity contribution in [3.05, 3.63) is 76.0 Å². The van der Waals surface area contributed by atoms with Gasteiger partial charge in [0.15, 0.2) is 0 Å². The summed E-state index contributed by atoms with van der Waals surface area (Å²) in [5, 5.41) is 10.3. The maximum absolute atomic E-state index is 13.1. The van der Waals surface area contributed by atoms with E-state index in [9.17, 15) is 14.9 Å². The van der Waals surface area contributed by atoms with Gasteiger partial charge in [-0.1, -0.05) is 23.9 Å². The summed E-state index contributed by atoms with van der Waals surface area (Å²) in [7, 11) is 0. The van der Waals surface area contributed by atoms with Crippen molar-refractivity contribution in [3.8, 4) is 6.07 Å². The van der Waals surface area contributed by atoms with E-state index in [1.54, 1.807) is 37.3 Å². The van der Waals surface area contributed by atoms with Crippen molar-refractivity contribution in [1.82, 2.24) is 4.90 Å². The number of amides is 1. The quantitative estimate of drug-likeness (QED) is 0.798. The molecule has 2 aliphatic heterocycles. The van der Waals surface area contributed by atoms with Crippen LogP contribution in [0.2, 0.25) is 0 Å². The monoisotopic (exact) mass is 393 g/mol. The van der Waals surface area contributed by atoms with E-state index in [-0.39, 0.29) is 23.6 Å². The molecule has 2 aromatic rings. The van der Waals surface area contributed by atoms with Crippen LogP contribution in [0.15, 0.2) is 74.0 Å². The predicted octanol–water partition coefficient (Wildman–Crippen LogP) is 3.09. The first kappa shape index (κ1) is 17.9. The van der Waals surface area contributed by atoms with Crippen LogP contribution >= 0.6 is 11.8 Å². The maximum atomic E-state index is 13.1. The molecule has 2 aliphatic rings. The third-order valence-electron chi connectivity index (χ3n) is 4.50. The van der Waals surface area contributed by atoms with Gasteiger partial charge in [0.25, 0.3) is 5.91 Å². The molecule has 0 saturated heterocycles. The van der Waals surface area contributed by atoms with Crippen LogP contribution in [0.5, 0.6) is 0 Å². The van der Waals surface area contributed by atoms with Gasteiger partial charge in [-0.2, -0.15) is 5.26 Å². The van der Waals surface area contributed by atoms with Crippen molar-refractivity contribution in [2.45, 2.75) is 17.7 Å². The number of nitriles is 1. The molecular formula is C20H15N3O4S. The largest absolute Gasteiger partial charge is 0.468 e. The van der Waals surface area contributed by atoms with Crippen molar-refractivity contribution in [1.29, 1.82) is 5.26 Å². The number of allylic oxidation sites excluding steroid dienone is 1. The second-order valence-corrected chi connectivity index (χ2v) is 7.07. The molecule has 1 aromatic heterocycles. The van der Waals surface area contributed by atoms with Crippen molar-refractivity contribution >= 4 is 23.6 Å². The number of nitrogens with zero attached hydrogens (tertiary/aromatic N) is 2. The van der Waals surface area contributed by atoms with E-state index >= 15 is 0 Å². The lowest BCUT2D eigenvalue weighted by atomic mass is 9.86. The molecule has 0 unspecified atom stereocenters. The lowest BCUT2D eigenvalue weighted by molar-refractivity contribution is -0.139. The van der Waals surface area contributed by atoms with Gasteiger partial charge in [-0.25, -0.2) is 4.79 Å². The summed E-state index contributed by atoms with van der Waals surface area (Å²) in [5.74, 6) is -1.61. The third kappa shape index (κ3) is 2.60. The minimum Gasteiger partial charge on any atom is -0.468 e. The summed E-state index contributed by atoms with van der Waals surface area (Å²) in [5.41, 5.74) is 6.99. The average molecular weight is 393 g/mol. The number of benzene rings is 1. The molecule has 28 heavy (non-hydrogen) atoms. The van der Waals surface area contributed by atoms with E-state index < -0.39 is 17.8 Å². The Labute approximate surface area is 165 Å². The van der Waals surface area contributed by atoms with Crippen LogP contribution in [0.3, 0.4) is 0 Å². The highest BCUT2D eigenvalue weighted by atomic mass is 32.2. The Morgan fingerprint density at radius 1 is 1.36 bits per heavy atom. The van der Waals surface area contributed by atoms with Crippen molar-refractivity contribution < 1.29 is 18.7 Å². The number of carbonyl (C=O) groups is 2. The Kier molecular flexibility index (Phi) is 4.45. The van der Waals surface area contributed by atoms with Crippen LogP contribution < -0.4 is 5.73 Å². The summed E-state index contributed by atoms with van der Waals surface area (Å²) in [6.45, 7) is 1.80. The maximum Gasteiger partial charge on any atom is 0.338 e. The minimum atomic E-state index is -0.851. The second kappa shape index (κ2) is 6.94. The van der Waals surface area contributed by atoms with Gasteiger partial charge in [-0.15, -0.1) is 0 Å². The molecule has 8 heteroatoms. The predicted molar refractivity (Wildman–Crippen MR) is 100 cm³/mol. The summed E-state index contributed by atoms with van der Waals surface area (Å²) in [6, 6.07) is 12.5. The summed E-state index contributed by atoms with van der Waals surface area (Å²) < 4.78 is 10.7. The molecule has 0 spiro atoms. The highest BCUT2D eigenvalue weighted by molar-refractivity contribution is 8.03. The number of ether oxygens (including phenoxy) is 1. The highest BCUT2D eigenvalue weighted by Crippen LogP contribution is 2.49. The molecule has 1 aromatic carbocycles. The van der Waals surface area contributed by atoms with E-state index in [0.29, 0.717) is 16.4 Å². The molecule has 0 saturated carbocycles. The van der Waals surface area contributed by atoms with Gasteiger partial charge in [-0.3, -0.25) is 9.69 Å². The molecule has 0 radical (unpaired) electrons. The first-order valence-corrected chi connectivity index (χ1v) is 9.35. The molecule has 3 heterocycles. The number of rotatable bonds is 3. The molecule has 1 atom stereocenters. The van der Waals surface area contributed by atoms with Gasteiger partial charge in [0.05, 0.1) is 41.6 Å². The molecule has 0 fully saturated rings. The Bertz CT molecular complexity index is 1080. The number of hydrogen-bond donors (Lipinski definition) is 1. The number of carbonyl (C=O) groups excluding carboxylic acids is 2. The van der Waals surface area contributed by atoms with E-state index in [2.05, 4.69) is 6.07 Å². The smallest absolute Gasteiger partial charge is 0.338 e. The average Bonchev–Trinajstić information content (AvgIpc) is 3.22. The normalized spacial score (nSPS) is 18.5. The number of furan rings is 1. The van der Waals surface area contributed by atoms with E-state index in [1.807, 2.05) is 6.07 Å². The van der Waals surface area contributed by atoms with E-state index in [1.165, 1.54) is 22.9 Å². The highest BCUT2D eigenvalue weighted by Gasteiger charge is 2.45. The standard InChI is InChI=1S/C20H15N3O4S/c1-2-26-20(25)16-15(13-7-5-9-27-13)12(10-21)19-23(17(16)22)18(24)11-6-3-4-8-14(11)28-19/h3-9,15H,2,22H2,1H3/t15-/m0/s1. The van der Waals surface area contributed by atoms with Crippen molar-refractivity contribution in [3.63, 3.8) is 0 Å². The molecule has 7 nitrogen and oxygen atoms in total. The third-order valence-corrected chi connectivity index (χ3v) is 5.67.